The van der Waals surface area contributed by atoms with Crippen LogP contribution in [0.15, 0.2) is 29.3 Å². The number of guanidine groups is 1. The van der Waals surface area contributed by atoms with Gasteiger partial charge in [0.15, 0.2) is 5.96 Å². The average Bonchev–Trinajstić information content (AvgIpc) is 3.06. The van der Waals surface area contributed by atoms with Crippen molar-refractivity contribution in [3.63, 3.8) is 0 Å². The number of nitrogens with one attached hydrogen (secondary N) is 1. The topological polar surface area (TPSA) is 46.1 Å². The molecule has 1 N–H and O–H groups in total. The largest absolute Gasteiger partial charge is 0.377 e. The third kappa shape index (κ3) is 6.20. The minimum Gasteiger partial charge on any atom is -0.377 e. The second-order valence-corrected chi connectivity index (χ2v) is 6.03. The van der Waals surface area contributed by atoms with Gasteiger partial charge < -0.3 is 19.7 Å². The molecule has 1 heterocycles. The van der Waals surface area contributed by atoms with Crippen molar-refractivity contribution in [3.05, 3.63) is 35.4 Å². The van der Waals surface area contributed by atoms with Crippen molar-refractivity contribution >= 4 is 5.96 Å². The summed E-state index contributed by atoms with van der Waals surface area (Å²) in [6, 6.07) is 8.59. The quantitative estimate of drug-likeness (QED) is 0.475. The van der Waals surface area contributed by atoms with Crippen LogP contribution in [0.1, 0.15) is 24.0 Å². The van der Waals surface area contributed by atoms with Gasteiger partial charge in [0.25, 0.3) is 0 Å². The Morgan fingerprint density at radius 1 is 1.39 bits per heavy atom. The first-order valence-corrected chi connectivity index (χ1v) is 8.35. The van der Waals surface area contributed by atoms with Crippen LogP contribution in [-0.4, -0.2) is 57.4 Å². The molecule has 128 valence electrons. The normalized spacial score (nSPS) is 18.2. The van der Waals surface area contributed by atoms with Crippen molar-refractivity contribution in [1.29, 1.82) is 0 Å². The van der Waals surface area contributed by atoms with Gasteiger partial charge in [-0.1, -0.05) is 29.8 Å². The van der Waals surface area contributed by atoms with Crippen LogP contribution in [0.25, 0.3) is 0 Å². The van der Waals surface area contributed by atoms with E-state index in [0.717, 1.165) is 38.5 Å². The molecule has 1 saturated heterocycles. The standard InChI is InChI=1S/C18H29N3O2/c1-15-6-8-16(9-7-15)13-21(3)18(19-2)20-10-12-22-14-17-5-4-11-23-17/h6-9,17H,4-5,10-14H2,1-3H3,(H,19,20). The van der Waals surface area contributed by atoms with Crippen molar-refractivity contribution in [3.8, 4) is 0 Å². The summed E-state index contributed by atoms with van der Waals surface area (Å²) < 4.78 is 11.2. The minimum atomic E-state index is 0.290. The maximum Gasteiger partial charge on any atom is 0.193 e. The zero-order valence-electron chi connectivity index (χ0n) is 14.5. The fourth-order valence-corrected chi connectivity index (χ4v) is 2.65. The van der Waals surface area contributed by atoms with E-state index in [-0.39, 0.29) is 0 Å². The van der Waals surface area contributed by atoms with Crippen LogP contribution in [-0.2, 0) is 16.0 Å². The van der Waals surface area contributed by atoms with Crippen LogP contribution in [0, 0.1) is 6.92 Å². The van der Waals surface area contributed by atoms with E-state index >= 15 is 0 Å². The first-order valence-electron chi connectivity index (χ1n) is 8.35. The first-order chi connectivity index (χ1) is 11.2. The third-order valence-electron chi connectivity index (χ3n) is 3.97. The number of rotatable bonds is 7. The summed E-state index contributed by atoms with van der Waals surface area (Å²) in [6.45, 7) is 5.92. The molecular weight excluding hydrogens is 290 g/mol. The van der Waals surface area contributed by atoms with Gasteiger partial charge in [0.05, 0.1) is 19.3 Å². The van der Waals surface area contributed by atoms with Gasteiger partial charge in [0, 0.05) is 33.8 Å². The second kappa shape index (κ2) is 9.53. The number of ether oxygens (including phenoxy) is 2. The highest BCUT2D eigenvalue weighted by molar-refractivity contribution is 5.79. The van der Waals surface area contributed by atoms with Crippen molar-refractivity contribution in [1.82, 2.24) is 10.2 Å². The van der Waals surface area contributed by atoms with Gasteiger partial charge >= 0.3 is 0 Å². The number of nitrogens with zero attached hydrogens (tertiary/aromatic N) is 2. The Kier molecular flexibility index (Phi) is 7.36. The SMILES string of the molecule is CN=C(NCCOCC1CCCO1)N(C)Cc1ccc(C)cc1. The molecule has 0 radical (unpaired) electrons. The summed E-state index contributed by atoms with van der Waals surface area (Å²) >= 11 is 0. The highest BCUT2D eigenvalue weighted by atomic mass is 16.5. The molecule has 1 atom stereocenters. The summed E-state index contributed by atoms with van der Waals surface area (Å²) in [6.07, 6.45) is 2.57. The summed E-state index contributed by atoms with van der Waals surface area (Å²) in [4.78, 5) is 6.44. The van der Waals surface area contributed by atoms with Gasteiger partial charge in [-0.25, -0.2) is 0 Å². The zero-order valence-corrected chi connectivity index (χ0v) is 14.5. The molecule has 0 saturated carbocycles. The predicted molar refractivity (Wildman–Crippen MR) is 93.8 cm³/mol. The molecule has 0 amide bonds. The maximum atomic E-state index is 5.66. The average molecular weight is 319 g/mol. The Bertz CT molecular complexity index is 482. The monoisotopic (exact) mass is 319 g/mol. The molecule has 0 spiro atoms. The highest BCUT2D eigenvalue weighted by Crippen LogP contribution is 2.11. The van der Waals surface area contributed by atoms with Crippen molar-refractivity contribution in [2.45, 2.75) is 32.4 Å². The highest BCUT2D eigenvalue weighted by Gasteiger charge is 2.15. The lowest BCUT2D eigenvalue weighted by molar-refractivity contribution is 0.0190. The van der Waals surface area contributed by atoms with Gasteiger partial charge in [-0.05, 0) is 25.3 Å². The molecule has 0 aromatic heterocycles. The molecule has 5 heteroatoms. The van der Waals surface area contributed by atoms with E-state index in [1.54, 1.807) is 7.05 Å². The lowest BCUT2D eigenvalue weighted by atomic mass is 10.1. The summed E-state index contributed by atoms with van der Waals surface area (Å²) in [7, 11) is 3.85. The molecule has 0 aliphatic carbocycles. The van der Waals surface area contributed by atoms with E-state index in [1.807, 2.05) is 7.05 Å². The van der Waals surface area contributed by atoms with E-state index in [4.69, 9.17) is 9.47 Å². The van der Waals surface area contributed by atoms with Crippen molar-refractivity contribution in [2.75, 3.05) is 40.5 Å². The molecule has 1 aromatic carbocycles. The number of benzene rings is 1. The Morgan fingerprint density at radius 3 is 2.83 bits per heavy atom. The van der Waals surface area contributed by atoms with Crippen LogP contribution in [0.5, 0.6) is 0 Å². The van der Waals surface area contributed by atoms with E-state index in [0.29, 0.717) is 19.3 Å². The molecule has 0 bridgehead atoms. The number of aryl methyl sites for hydroxylation is 1. The Balaban J connectivity index is 1.66. The van der Waals surface area contributed by atoms with E-state index in [9.17, 15) is 0 Å². The van der Waals surface area contributed by atoms with E-state index < -0.39 is 0 Å². The smallest absolute Gasteiger partial charge is 0.193 e. The molecule has 1 aromatic rings. The molecule has 1 fully saturated rings. The number of aliphatic imine (C=N–C) groups is 1. The van der Waals surface area contributed by atoms with Gasteiger partial charge in [-0.15, -0.1) is 0 Å². The van der Waals surface area contributed by atoms with Crippen molar-refractivity contribution < 1.29 is 9.47 Å². The molecule has 1 unspecified atom stereocenters. The van der Waals surface area contributed by atoms with Gasteiger partial charge in [0.2, 0.25) is 0 Å². The molecule has 23 heavy (non-hydrogen) atoms. The van der Waals surface area contributed by atoms with E-state index in [2.05, 4.69) is 46.4 Å². The Hall–Kier alpha value is -1.59. The number of hydrogen-bond donors (Lipinski definition) is 1. The lowest BCUT2D eigenvalue weighted by Crippen LogP contribution is -2.40. The molecule has 5 nitrogen and oxygen atoms in total. The fourth-order valence-electron chi connectivity index (χ4n) is 2.65. The second-order valence-electron chi connectivity index (χ2n) is 6.03. The molecular formula is C18H29N3O2. The molecule has 1 aliphatic heterocycles. The van der Waals surface area contributed by atoms with E-state index in [1.165, 1.54) is 11.1 Å². The van der Waals surface area contributed by atoms with Gasteiger partial charge in [-0.2, -0.15) is 0 Å². The molecule has 2 rings (SSSR count). The third-order valence-corrected chi connectivity index (χ3v) is 3.97. The van der Waals surface area contributed by atoms with Crippen LogP contribution < -0.4 is 5.32 Å². The minimum absolute atomic E-state index is 0.290. The van der Waals surface area contributed by atoms with Crippen molar-refractivity contribution in [2.24, 2.45) is 4.99 Å². The maximum absolute atomic E-state index is 5.66. The van der Waals surface area contributed by atoms with Gasteiger partial charge in [0.1, 0.15) is 0 Å². The Labute approximate surface area is 139 Å². The number of hydrogen-bond acceptors (Lipinski definition) is 3. The lowest BCUT2D eigenvalue weighted by Gasteiger charge is -2.22. The van der Waals surface area contributed by atoms with Crippen LogP contribution in [0.4, 0.5) is 0 Å². The van der Waals surface area contributed by atoms with Crippen LogP contribution in [0.2, 0.25) is 0 Å². The summed E-state index contributed by atoms with van der Waals surface area (Å²) in [5, 5.41) is 3.34. The zero-order chi connectivity index (χ0) is 16.5. The predicted octanol–water partition coefficient (Wildman–Crippen LogP) is 2.20. The fraction of sp³-hybridized carbons (Fsp3) is 0.611. The summed E-state index contributed by atoms with van der Waals surface area (Å²) in [5.74, 6) is 0.881. The van der Waals surface area contributed by atoms with Crippen LogP contribution in [0.3, 0.4) is 0 Å². The van der Waals surface area contributed by atoms with Crippen LogP contribution >= 0.6 is 0 Å². The van der Waals surface area contributed by atoms with Gasteiger partial charge in [-0.3, -0.25) is 4.99 Å². The Morgan fingerprint density at radius 2 is 2.17 bits per heavy atom. The molecule has 1 aliphatic rings. The summed E-state index contributed by atoms with van der Waals surface area (Å²) in [5.41, 5.74) is 2.55. The first kappa shape index (κ1) is 17.8.